The molecule has 1 aliphatic heterocycles. The Hall–Kier alpha value is -3.48. The minimum atomic E-state index is -1.10. The number of aliphatic carboxylic acids is 1. The summed E-state index contributed by atoms with van der Waals surface area (Å²) in [6.07, 6.45) is 2.21. The van der Waals surface area contributed by atoms with Crippen molar-refractivity contribution in [3.8, 4) is 0 Å². The van der Waals surface area contributed by atoms with E-state index in [0.717, 1.165) is 11.1 Å². The van der Waals surface area contributed by atoms with Crippen LogP contribution in [0.2, 0.25) is 0 Å². The van der Waals surface area contributed by atoms with E-state index in [0.29, 0.717) is 31.4 Å². The molecule has 7 heteroatoms. The topological polar surface area (TPSA) is 96.3 Å². The molecule has 0 saturated heterocycles. The molecule has 0 unspecified atom stereocenters. The largest absolute Gasteiger partial charge is 0.480 e. The summed E-state index contributed by atoms with van der Waals surface area (Å²) >= 11 is 0. The van der Waals surface area contributed by atoms with Crippen LogP contribution in [0.15, 0.2) is 59.6 Å². The molecule has 2 aromatic rings. The Bertz CT molecular complexity index is 987. The van der Waals surface area contributed by atoms with E-state index in [4.69, 9.17) is 4.74 Å². The van der Waals surface area contributed by atoms with Gasteiger partial charge in [0.05, 0.1) is 19.1 Å². The van der Waals surface area contributed by atoms with Gasteiger partial charge in [-0.1, -0.05) is 48.5 Å². The van der Waals surface area contributed by atoms with Gasteiger partial charge in [-0.2, -0.15) is 0 Å². The maximum Gasteiger partial charge on any atom is 0.323 e. The van der Waals surface area contributed by atoms with Crippen LogP contribution in [0.4, 0.5) is 5.69 Å². The highest BCUT2D eigenvalue weighted by Gasteiger charge is 2.29. The first kappa shape index (κ1) is 23.2. The number of carbonyl (C=O) groups excluding carboxylic acids is 2. The zero-order valence-electron chi connectivity index (χ0n) is 18.2. The molecular weight excluding hydrogens is 408 g/mol. The molecule has 1 heterocycles. The van der Waals surface area contributed by atoms with E-state index in [1.807, 2.05) is 42.5 Å². The Balaban J connectivity index is 1.79. The molecular formula is C25H28N2O5. The highest BCUT2D eigenvalue weighted by molar-refractivity contribution is 6.44. The van der Waals surface area contributed by atoms with Gasteiger partial charge in [-0.3, -0.25) is 24.3 Å². The number of amides is 1. The minimum Gasteiger partial charge on any atom is -0.480 e. The Morgan fingerprint density at radius 2 is 1.81 bits per heavy atom. The van der Waals surface area contributed by atoms with Crippen molar-refractivity contribution < 1.29 is 24.2 Å². The van der Waals surface area contributed by atoms with Gasteiger partial charge in [0.15, 0.2) is 0 Å². The van der Waals surface area contributed by atoms with Gasteiger partial charge in [0, 0.05) is 5.69 Å². The lowest BCUT2D eigenvalue weighted by atomic mass is 9.99. The van der Waals surface area contributed by atoms with Crippen LogP contribution in [0.1, 0.15) is 30.9 Å². The van der Waals surface area contributed by atoms with Gasteiger partial charge >= 0.3 is 11.9 Å². The third-order valence-corrected chi connectivity index (χ3v) is 5.45. The Kier molecular flexibility index (Phi) is 8.14. The summed E-state index contributed by atoms with van der Waals surface area (Å²) in [5.41, 5.74) is 2.90. The molecule has 1 N–H and O–H groups in total. The number of anilines is 1. The molecule has 0 fully saturated rings. The first-order valence-corrected chi connectivity index (χ1v) is 10.8. The smallest absolute Gasteiger partial charge is 0.323 e. The fraction of sp³-hybridized carbons (Fsp3) is 0.360. The Labute approximate surface area is 187 Å². The van der Waals surface area contributed by atoms with E-state index >= 15 is 0 Å². The van der Waals surface area contributed by atoms with Crippen LogP contribution in [-0.4, -0.2) is 48.4 Å². The van der Waals surface area contributed by atoms with Crippen molar-refractivity contribution in [1.29, 1.82) is 0 Å². The van der Waals surface area contributed by atoms with Crippen LogP contribution in [0.25, 0.3) is 0 Å². The molecule has 0 bridgehead atoms. The zero-order valence-corrected chi connectivity index (χ0v) is 18.2. The molecule has 1 atom stereocenters. The summed E-state index contributed by atoms with van der Waals surface area (Å²) in [5.74, 6) is -2.33. The fourth-order valence-corrected chi connectivity index (χ4v) is 3.80. The third kappa shape index (κ3) is 6.03. The third-order valence-electron chi connectivity index (χ3n) is 5.45. The molecule has 168 valence electrons. The summed E-state index contributed by atoms with van der Waals surface area (Å²) in [7, 11) is 0. The summed E-state index contributed by atoms with van der Waals surface area (Å²) in [6, 6.07) is 17.1. The Morgan fingerprint density at radius 3 is 2.53 bits per heavy atom. The van der Waals surface area contributed by atoms with Crippen LogP contribution < -0.4 is 4.90 Å². The minimum absolute atomic E-state index is 0.129. The number of fused-ring (bicyclic) bond motifs is 1. The highest BCUT2D eigenvalue weighted by Crippen LogP contribution is 2.26. The van der Waals surface area contributed by atoms with Crippen LogP contribution in [0.3, 0.4) is 0 Å². The second kappa shape index (κ2) is 11.2. The second-order valence-electron chi connectivity index (χ2n) is 7.67. The first-order valence-electron chi connectivity index (χ1n) is 10.8. The number of nitrogens with zero attached hydrogens (tertiary/aromatic N) is 2. The van der Waals surface area contributed by atoms with Gasteiger partial charge in [0.25, 0.3) is 5.91 Å². The van der Waals surface area contributed by atoms with Crippen molar-refractivity contribution in [2.75, 3.05) is 24.6 Å². The monoisotopic (exact) mass is 436 g/mol. The Morgan fingerprint density at radius 1 is 1.09 bits per heavy atom. The normalized spacial score (nSPS) is 15.7. The lowest BCUT2D eigenvalue weighted by Gasteiger charge is -2.21. The number of aliphatic imine (C=N–C) groups is 1. The van der Waals surface area contributed by atoms with E-state index in [1.54, 1.807) is 19.1 Å². The van der Waals surface area contributed by atoms with Crippen molar-refractivity contribution in [3.63, 3.8) is 0 Å². The van der Waals surface area contributed by atoms with Crippen molar-refractivity contribution >= 4 is 29.2 Å². The second-order valence-corrected chi connectivity index (χ2v) is 7.67. The molecule has 0 aromatic heterocycles. The number of carboxylic acid groups (broad SMARTS) is 1. The van der Waals surface area contributed by atoms with Crippen molar-refractivity contribution in [1.82, 2.24) is 0 Å². The molecule has 32 heavy (non-hydrogen) atoms. The fourth-order valence-electron chi connectivity index (χ4n) is 3.80. The number of carbonyl (C=O) groups is 3. The summed E-state index contributed by atoms with van der Waals surface area (Å²) in [5, 5.41) is 9.32. The molecule has 7 nitrogen and oxygen atoms in total. The van der Waals surface area contributed by atoms with Gasteiger partial charge < -0.3 is 9.84 Å². The number of rotatable bonds is 9. The van der Waals surface area contributed by atoms with Gasteiger partial charge in [0.1, 0.15) is 12.3 Å². The molecule has 0 saturated carbocycles. The average molecular weight is 437 g/mol. The number of esters is 1. The summed E-state index contributed by atoms with van der Waals surface area (Å²) in [6.45, 7) is 1.72. The number of para-hydroxylation sites is 1. The number of benzene rings is 2. The first-order chi connectivity index (χ1) is 15.5. The number of ether oxygens (including phenoxy) is 1. The zero-order chi connectivity index (χ0) is 22.9. The number of aryl methyl sites for hydroxylation is 2. The number of carboxylic acids is 1. The quantitative estimate of drug-likeness (QED) is 0.609. The van der Waals surface area contributed by atoms with Gasteiger partial charge in [-0.05, 0) is 49.8 Å². The molecule has 1 amide bonds. The molecule has 2 aromatic carbocycles. The van der Waals surface area contributed by atoms with Gasteiger partial charge in [-0.15, -0.1) is 0 Å². The van der Waals surface area contributed by atoms with Crippen LogP contribution in [0, 0.1) is 5.92 Å². The van der Waals surface area contributed by atoms with Crippen LogP contribution in [-0.2, 0) is 32.0 Å². The average Bonchev–Trinajstić information content (AvgIpc) is 2.91. The predicted molar refractivity (Wildman–Crippen MR) is 122 cm³/mol. The van der Waals surface area contributed by atoms with Crippen molar-refractivity contribution in [3.05, 3.63) is 65.7 Å². The van der Waals surface area contributed by atoms with Crippen LogP contribution in [0.5, 0.6) is 0 Å². The van der Waals surface area contributed by atoms with Crippen molar-refractivity contribution in [2.45, 2.75) is 32.6 Å². The molecule has 1 aliphatic rings. The van der Waals surface area contributed by atoms with Crippen LogP contribution >= 0.6 is 0 Å². The predicted octanol–water partition coefficient (Wildman–Crippen LogP) is 3.30. The summed E-state index contributed by atoms with van der Waals surface area (Å²) in [4.78, 5) is 42.8. The lowest BCUT2D eigenvalue weighted by molar-refractivity contribution is -0.147. The SMILES string of the molecule is CCOC(=O)[C@H](CCc1ccccc1)CN=C1CCc2ccccc2N(CC(=O)O)C1=O. The lowest BCUT2D eigenvalue weighted by Crippen LogP contribution is -2.39. The van der Waals surface area contributed by atoms with Gasteiger partial charge in [0.2, 0.25) is 0 Å². The molecule has 3 rings (SSSR count). The van der Waals surface area contributed by atoms with E-state index < -0.39 is 24.3 Å². The maximum absolute atomic E-state index is 13.1. The van der Waals surface area contributed by atoms with Gasteiger partial charge in [-0.25, -0.2) is 0 Å². The molecule has 0 spiro atoms. The molecule has 0 aliphatic carbocycles. The van der Waals surface area contributed by atoms with E-state index in [1.165, 1.54) is 4.90 Å². The van der Waals surface area contributed by atoms with E-state index in [-0.39, 0.29) is 24.8 Å². The highest BCUT2D eigenvalue weighted by atomic mass is 16.5. The van der Waals surface area contributed by atoms with Crippen molar-refractivity contribution in [2.24, 2.45) is 10.9 Å². The molecule has 0 radical (unpaired) electrons. The summed E-state index contributed by atoms with van der Waals surface area (Å²) < 4.78 is 5.23. The van der Waals surface area contributed by atoms with E-state index in [9.17, 15) is 19.5 Å². The number of hydrogen-bond donors (Lipinski definition) is 1. The maximum atomic E-state index is 13.1. The number of hydrogen-bond acceptors (Lipinski definition) is 5. The van der Waals surface area contributed by atoms with E-state index in [2.05, 4.69) is 4.99 Å². The standard InChI is InChI=1S/C25H28N2O5/c1-2-32-25(31)20(13-12-18-8-4-3-5-9-18)16-26-21-15-14-19-10-6-7-11-22(19)27(24(21)30)17-23(28)29/h3-11,20H,2,12-17H2,1H3,(H,28,29)/t20-/m1/s1.